The van der Waals surface area contributed by atoms with Crippen molar-refractivity contribution in [2.24, 2.45) is 5.73 Å². The molecule has 0 radical (unpaired) electrons. The zero-order chi connectivity index (χ0) is 16.4. The van der Waals surface area contributed by atoms with Crippen molar-refractivity contribution in [2.45, 2.75) is 18.6 Å². The van der Waals surface area contributed by atoms with Crippen LogP contribution in [-0.4, -0.2) is 49.3 Å². The fourth-order valence-corrected chi connectivity index (χ4v) is 3.08. The number of hydrogen-bond donors (Lipinski definition) is 2. The molecule has 2 amide bonds. The van der Waals surface area contributed by atoms with Gasteiger partial charge in [-0.3, -0.25) is 9.69 Å². The summed E-state index contributed by atoms with van der Waals surface area (Å²) < 4.78 is 10.6. The van der Waals surface area contributed by atoms with Crippen molar-refractivity contribution < 1.29 is 19.1 Å². The Kier molecular flexibility index (Phi) is 4.65. The predicted octanol–water partition coefficient (Wildman–Crippen LogP) is 0.596. The molecule has 0 bridgehead atoms. The Labute approximate surface area is 137 Å². The number of anilines is 1. The molecule has 2 saturated heterocycles. The first-order chi connectivity index (χ1) is 11.1. The van der Waals surface area contributed by atoms with E-state index in [-0.39, 0.29) is 12.0 Å². The lowest BCUT2D eigenvalue weighted by molar-refractivity contribution is -0.124. The number of aromatic nitrogens is 1. The maximum atomic E-state index is 12.4. The highest BCUT2D eigenvalue weighted by Crippen LogP contribution is 2.35. The number of nitrogens with two attached hydrogens (primary N) is 1. The minimum absolute atomic E-state index is 0.288. The second kappa shape index (κ2) is 6.69. The molecule has 2 unspecified atom stereocenters. The topological polar surface area (TPSA) is 107 Å². The van der Waals surface area contributed by atoms with Crippen LogP contribution in [0.1, 0.15) is 18.1 Å². The van der Waals surface area contributed by atoms with Crippen molar-refractivity contribution in [2.75, 3.05) is 31.1 Å². The van der Waals surface area contributed by atoms with Gasteiger partial charge in [0.2, 0.25) is 0 Å². The van der Waals surface area contributed by atoms with Gasteiger partial charge < -0.3 is 20.5 Å². The third-order valence-electron chi connectivity index (χ3n) is 3.84. The molecular weight excluding hydrogens is 324 g/mol. The molecule has 8 nitrogen and oxygen atoms in total. The van der Waals surface area contributed by atoms with Gasteiger partial charge in [-0.2, -0.15) is 0 Å². The first kappa shape index (κ1) is 16.0. The van der Waals surface area contributed by atoms with Gasteiger partial charge in [-0.15, -0.1) is 0 Å². The Morgan fingerprint density at radius 3 is 3.09 bits per heavy atom. The van der Waals surface area contributed by atoms with E-state index in [1.54, 1.807) is 6.07 Å². The minimum Gasteiger partial charge on any atom is -0.436 e. The average molecular weight is 341 g/mol. The molecule has 1 aromatic heterocycles. The number of carbonyl (C=O) groups excluding carboxylic acids is 2. The molecular formula is C14H17ClN4O4. The van der Waals surface area contributed by atoms with Gasteiger partial charge in [-0.1, -0.05) is 11.6 Å². The van der Waals surface area contributed by atoms with Crippen molar-refractivity contribution in [1.82, 2.24) is 10.3 Å². The first-order valence-electron chi connectivity index (χ1n) is 7.32. The Bertz CT molecular complexity index is 621. The van der Waals surface area contributed by atoms with Crippen LogP contribution < -0.4 is 16.0 Å². The van der Waals surface area contributed by atoms with E-state index in [1.165, 1.54) is 11.1 Å². The monoisotopic (exact) mass is 340 g/mol. The van der Waals surface area contributed by atoms with E-state index in [0.717, 1.165) is 6.54 Å². The highest BCUT2D eigenvalue weighted by molar-refractivity contribution is 6.31. The van der Waals surface area contributed by atoms with Gasteiger partial charge in [0.05, 0.1) is 17.7 Å². The van der Waals surface area contributed by atoms with E-state index < -0.39 is 12.2 Å². The number of hydrogen-bond acceptors (Lipinski definition) is 6. The van der Waals surface area contributed by atoms with Crippen LogP contribution in [-0.2, 0) is 14.3 Å². The summed E-state index contributed by atoms with van der Waals surface area (Å²) in [6.45, 7) is 2.27. The van der Waals surface area contributed by atoms with Crippen molar-refractivity contribution >= 4 is 29.4 Å². The summed E-state index contributed by atoms with van der Waals surface area (Å²) in [6.07, 6.45) is -0.244. The van der Waals surface area contributed by atoms with E-state index >= 15 is 0 Å². The van der Waals surface area contributed by atoms with Gasteiger partial charge >= 0.3 is 6.09 Å². The third kappa shape index (κ3) is 3.24. The van der Waals surface area contributed by atoms with Crippen LogP contribution in [0, 0.1) is 0 Å². The van der Waals surface area contributed by atoms with Crippen LogP contribution in [0.15, 0.2) is 12.3 Å². The van der Waals surface area contributed by atoms with Crippen LogP contribution in [0.25, 0.3) is 0 Å². The lowest BCUT2D eigenvalue weighted by Gasteiger charge is -2.28. The molecule has 9 heteroatoms. The number of halogens is 1. The normalized spacial score (nSPS) is 24.7. The summed E-state index contributed by atoms with van der Waals surface area (Å²) >= 11 is 6.32. The summed E-state index contributed by atoms with van der Waals surface area (Å²) in [5.74, 6) is 0.0790. The first-order valence-corrected chi connectivity index (χ1v) is 7.70. The smallest absolute Gasteiger partial charge is 0.405 e. The molecule has 2 fully saturated rings. The standard InChI is InChI=1S/C14H17ClN4O4/c15-8-1-3-18-12(11(8)10-7-17-4-6-22-10)19-5-2-9(13(19)20)23-14(16)21/h1,3,9-10,17H,2,4-7H2,(H2,16,21). The van der Waals surface area contributed by atoms with Gasteiger partial charge in [-0.25, -0.2) is 9.78 Å². The number of nitrogens with zero attached hydrogens (tertiary/aromatic N) is 2. The lowest BCUT2D eigenvalue weighted by atomic mass is 10.1. The Hall–Kier alpha value is -1.90. The molecule has 2 aliphatic rings. The van der Waals surface area contributed by atoms with Crippen LogP contribution in [0.4, 0.5) is 10.6 Å². The summed E-state index contributed by atoms with van der Waals surface area (Å²) in [7, 11) is 0. The Morgan fingerprint density at radius 2 is 2.39 bits per heavy atom. The zero-order valence-electron chi connectivity index (χ0n) is 12.3. The van der Waals surface area contributed by atoms with Gasteiger partial charge in [0.25, 0.3) is 5.91 Å². The van der Waals surface area contributed by atoms with Crippen LogP contribution in [0.3, 0.4) is 0 Å². The fraction of sp³-hybridized carbons (Fsp3) is 0.500. The molecule has 23 heavy (non-hydrogen) atoms. The quantitative estimate of drug-likeness (QED) is 0.834. The lowest BCUT2D eigenvalue weighted by Crippen LogP contribution is -2.37. The molecule has 0 spiro atoms. The average Bonchev–Trinajstić information content (AvgIpc) is 2.88. The SMILES string of the molecule is NC(=O)OC1CCN(c2nccc(Cl)c2C2CNCCO2)C1=O. The fourth-order valence-electron chi connectivity index (χ4n) is 2.82. The molecule has 0 aromatic carbocycles. The molecule has 3 heterocycles. The molecule has 1 aromatic rings. The molecule has 2 atom stereocenters. The zero-order valence-corrected chi connectivity index (χ0v) is 13.1. The molecule has 124 valence electrons. The third-order valence-corrected chi connectivity index (χ3v) is 4.17. The molecule has 0 saturated carbocycles. The number of morpholine rings is 1. The van der Waals surface area contributed by atoms with E-state index in [1.807, 2.05) is 0 Å². The number of primary amides is 1. The van der Waals surface area contributed by atoms with Gasteiger partial charge in [0, 0.05) is 37.8 Å². The number of nitrogens with one attached hydrogen (secondary N) is 1. The van der Waals surface area contributed by atoms with Crippen molar-refractivity contribution in [3.05, 3.63) is 22.8 Å². The highest BCUT2D eigenvalue weighted by atomic mass is 35.5. The second-order valence-electron chi connectivity index (χ2n) is 5.30. The molecule has 3 N–H and O–H groups in total. The molecule has 3 rings (SSSR count). The van der Waals surface area contributed by atoms with E-state index in [9.17, 15) is 9.59 Å². The highest BCUT2D eigenvalue weighted by Gasteiger charge is 2.38. The molecule has 2 aliphatic heterocycles. The number of amides is 2. The summed E-state index contributed by atoms with van der Waals surface area (Å²) in [5.41, 5.74) is 5.65. The number of carbonyl (C=O) groups is 2. The number of ether oxygens (including phenoxy) is 2. The number of rotatable bonds is 3. The largest absolute Gasteiger partial charge is 0.436 e. The predicted molar refractivity (Wildman–Crippen MR) is 82.2 cm³/mol. The summed E-state index contributed by atoms with van der Waals surface area (Å²) in [5, 5.41) is 3.71. The van der Waals surface area contributed by atoms with Crippen molar-refractivity contribution in [3.8, 4) is 0 Å². The van der Waals surface area contributed by atoms with Crippen molar-refractivity contribution in [3.63, 3.8) is 0 Å². The summed E-state index contributed by atoms with van der Waals surface area (Å²) in [4.78, 5) is 29.1. The number of pyridine rings is 1. The van der Waals surface area contributed by atoms with Gasteiger partial charge in [-0.05, 0) is 6.07 Å². The van der Waals surface area contributed by atoms with Crippen LogP contribution >= 0.6 is 11.6 Å². The maximum Gasteiger partial charge on any atom is 0.405 e. The summed E-state index contributed by atoms with van der Waals surface area (Å²) in [6, 6.07) is 1.66. The van der Waals surface area contributed by atoms with Crippen molar-refractivity contribution in [1.29, 1.82) is 0 Å². The maximum absolute atomic E-state index is 12.4. The van der Waals surface area contributed by atoms with Gasteiger partial charge in [0.1, 0.15) is 5.82 Å². The van der Waals surface area contributed by atoms with Crippen LogP contribution in [0.2, 0.25) is 5.02 Å². The van der Waals surface area contributed by atoms with E-state index in [2.05, 4.69) is 10.3 Å². The van der Waals surface area contributed by atoms with Crippen LogP contribution in [0.5, 0.6) is 0 Å². The molecule has 0 aliphatic carbocycles. The Morgan fingerprint density at radius 1 is 1.57 bits per heavy atom. The minimum atomic E-state index is -0.968. The second-order valence-corrected chi connectivity index (χ2v) is 5.70. The Balaban J connectivity index is 1.89. The van der Waals surface area contributed by atoms with E-state index in [4.69, 9.17) is 26.8 Å². The van der Waals surface area contributed by atoms with Gasteiger partial charge in [0.15, 0.2) is 6.10 Å². The van der Waals surface area contributed by atoms with E-state index in [0.29, 0.717) is 42.5 Å².